The van der Waals surface area contributed by atoms with E-state index in [1.54, 1.807) is 0 Å². The van der Waals surface area contributed by atoms with Crippen molar-refractivity contribution in [1.82, 2.24) is 15.1 Å². The molecule has 16 heteroatoms. The third-order valence-electron chi connectivity index (χ3n) is 7.36. The Morgan fingerprint density at radius 1 is 1.20 bits per heavy atom. The monoisotopic (exact) mass is 673 g/mol. The summed E-state index contributed by atoms with van der Waals surface area (Å²) in [4.78, 5) is 13.1. The highest BCUT2D eigenvalue weighted by molar-refractivity contribution is 7.51. The van der Waals surface area contributed by atoms with Gasteiger partial charge in [-0.15, -0.1) is 0 Å². The normalized spacial score (nSPS) is 19.3. The summed E-state index contributed by atoms with van der Waals surface area (Å²) in [5.74, 6) is -0.722. The van der Waals surface area contributed by atoms with Gasteiger partial charge in [-0.1, -0.05) is 38.4 Å². The fourth-order valence-corrected chi connectivity index (χ4v) is 5.13. The molecule has 1 saturated carbocycles. The third kappa shape index (κ3) is 10.2. The molecule has 0 saturated heterocycles. The number of nitrogens with one attached hydrogen (secondary N) is 1. The van der Waals surface area contributed by atoms with Crippen molar-refractivity contribution in [2.45, 2.75) is 97.3 Å². The van der Waals surface area contributed by atoms with Crippen molar-refractivity contribution >= 4 is 29.1 Å². The third-order valence-corrected chi connectivity index (χ3v) is 7.72. The summed E-state index contributed by atoms with van der Waals surface area (Å²) in [5, 5.41) is 28.0. The molecule has 3 rings (SSSR count). The summed E-state index contributed by atoms with van der Waals surface area (Å²) in [5.41, 5.74) is -4.91. The van der Waals surface area contributed by atoms with Crippen LogP contribution in [0.4, 0.5) is 22.0 Å². The molecule has 1 aromatic heterocycles. The number of benzene rings is 1. The fourth-order valence-electron chi connectivity index (χ4n) is 4.80. The van der Waals surface area contributed by atoms with Gasteiger partial charge in [-0.05, 0) is 69.6 Å². The van der Waals surface area contributed by atoms with E-state index in [1.165, 1.54) is 30.7 Å². The van der Waals surface area contributed by atoms with Crippen molar-refractivity contribution in [3.63, 3.8) is 0 Å². The molecule has 9 nitrogen and oxygen atoms in total. The van der Waals surface area contributed by atoms with Crippen LogP contribution in [0, 0.1) is 11.3 Å². The van der Waals surface area contributed by atoms with Gasteiger partial charge in [0.1, 0.15) is 5.75 Å². The van der Waals surface area contributed by atoms with E-state index in [9.17, 15) is 37.0 Å². The summed E-state index contributed by atoms with van der Waals surface area (Å²) in [6.07, 6.45) is -2.43. The first-order valence-electron chi connectivity index (χ1n) is 13.7. The predicted molar refractivity (Wildman–Crippen MR) is 153 cm³/mol. The van der Waals surface area contributed by atoms with Crippen molar-refractivity contribution in [2.24, 2.45) is 11.3 Å². The van der Waals surface area contributed by atoms with Crippen LogP contribution in [0.3, 0.4) is 0 Å². The molecule has 1 fully saturated rings. The van der Waals surface area contributed by atoms with E-state index in [-0.39, 0.29) is 40.6 Å². The summed E-state index contributed by atoms with van der Waals surface area (Å²) in [7, 11) is 0. The molecule has 1 aromatic carbocycles. The smallest absolute Gasteiger partial charge is 0.394 e. The molecular formula is C28H37ClF5N3O6S. The largest absolute Gasteiger partial charge is 0.434 e. The SMILES string of the molecule is CC1CCC(O)(CNC(=O)c2nn(CC(C)(C)O)c(-c3ccc(CC(C)(C)C(F)(F)F)cc3OC(F)F)c2Cl)CC1.O=S=O. The number of carbonyl (C=O) groups is 1. The topological polar surface area (TPSA) is 131 Å². The van der Waals surface area contributed by atoms with Gasteiger partial charge < -0.3 is 20.3 Å². The molecule has 0 atom stereocenters. The fraction of sp³-hybridized carbons (Fsp3) is 0.643. The molecular weight excluding hydrogens is 637 g/mol. The highest BCUT2D eigenvalue weighted by Gasteiger charge is 2.47. The lowest BCUT2D eigenvalue weighted by Crippen LogP contribution is -2.45. The number of nitrogens with zero attached hydrogens (tertiary/aromatic N) is 2. The number of hydrogen-bond acceptors (Lipinski definition) is 7. The number of aliphatic hydroxyl groups is 2. The zero-order valence-corrected chi connectivity index (χ0v) is 26.5. The maximum absolute atomic E-state index is 13.5. The summed E-state index contributed by atoms with van der Waals surface area (Å²) in [6.45, 7) is 3.43. The number of rotatable bonds is 10. The molecule has 0 radical (unpaired) electrons. The lowest BCUT2D eigenvalue weighted by Gasteiger charge is -2.34. The zero-order valence-electron chi connectivity index (χ0n) is 24.9. The Labute approximate surface area is 260 Å². The molecule has 1 aliphatic carbocycles. The molecule has 1 aliphatic rings. The van der Waals surface area contributed by atoms with Crippen molar-refractivity contribution in [3.05, 3.63) is 34.5 Å². The molecule has 3 N–H and O–H groups in total. The first-order chi connectivity index (χ1) is 20.1. The van der Waals surface area contributed by atoms with Gasteiger partial charge >= 0.3 is 24.4 Å². The van der Waals surface area contributed by atoms with Gasteiger partial charge in [-0.2, -0.15) is 35.5 Å². The van der Waals surface area contributed by atoms with Crippen molar-refractivity contribution in [1.29, 1.82) is 0 Å². The van der Waals surface area contributed by atoms with Gasteiger partial charge in [0.25, 0.3) is 5.91 Å². The average molecular weight is 674 g/mol. The number of aromatic nitrogens is 2. The zero-order chi connectivity index (χ0) is 33.7. The van der Waals surface area contributed by atoms with Gasteiger partial charge in [0.05, 0.1) is 33.9 Å². The molecule has 2 aromatic rings. The van der Waals surface area contributed by atoms with Crippen LogP contribution in [0.2, 0.25) is 5.02 Å². The maximum atomic E-state index is 13.5. The molecule has 0 unspecified atom stereocenters. The lowest BCUT2D eigenvalue weighted by molar-refractivity contribution is -0.211. The Morgan fingerprint density at radius 3 is 2.27 bits per heavy atom. The molecule has 1 amide bonds. The first kappa shape index (κ1) is 37.6. The number of alkyl halides is 5. The van der Waals surface area contributed by atoms with Gasteiger partial charge in [0.2, 0.25) is 0 Å². The average Bonchev–Trinajstić information content (AvgIpc) is 3.18. The van der Waals surface area contributed by atoms with Crippen LogP contribution in [-0.2, 0) is 24.5 Å². The Morgan fingerprint density at radius 2 is 1.77 bits per heavy atom. The minimum absolute atomic E-state index is 0.0403. The maximum Gasteiger partial charge on any atom is 0.394 e. The van der Waals surface area contributed by atoms with E-state index in [0.29, 0.717) is 18.8 Å². The number of hydrogen-bond donors (Lipinski definition) is 3. The Bertz CT molecular complexity index is 1330. The summed E-state index contributed by atoms with van der Waals surface area (Å²) >= 11 is 5.85. The number of halogens is 6. The molecule has 0 aliphatic heterocycles. The number of ether oxygens (including phenoxy) is 1. The second-order valence-electron chi connectivity index (χ2n) is 12.4. The van der Waals surface area contributed by atoms with E-state index < -0.39 is 59.1 Å². The van der Waals surface area contributed by atoms with Gasteiger partial charge in [-0.3, -0.25) is 9.48 Å². The Balaban J connectivity index is 0.00000216. The molecule has 1 heterocycles. The van der Waals surface area contributed by atoms with E-state index in [2.05, 4.69) is 22.1 Å². The van der Waals surface area contributed by atoms with Gasteiger partial charge in [0.15, 0.2) is 5.69 Å². The van der Waals surface area contributed by atoms with E-state index in [1.807, 2.05) is 0 Å². The quantitative estimate of drug-likeness (QED) is 0.276. The van der Waals surface area contributed by atoms with Crippen LogP contribution in [-0.4, -0.2) is 64.9 Å². The highest BCUT2D eigenvalue weighted by Crippen LogP contribution is 2.43. The second kappa shape index (κ2) is 14.6. The van der Waals surface area contributed by atoms with Crippen LogP contribution in [0.1, 0.15) is 76.4 Å². The van der Waals surface area contributed by atoms with Crippen molar-refractivity contribution in [2.75, 3.05) is 6.54 Å². The number of carbonyl (C=O) groups excluding carboxylic acids is 1. The van der Waals surface area contributed by atoms with E-state index in [4.69, 9.17) is 20.0 Å². The van der Waals surface area contributed by atoms with Gasteiger partial charge in [-0.25, -0.2) is 0 Å². The van der Waals surface area contributed by atoms with Gasteiger partial charge in [0, 0.05) is 12.1 Å². The lowest BCUT2D eigenvalue weighted by atomic mass is 9.79. The van der Waals surface area contributed by atoms with E-state index >= 15 is 0 Å². The second-order valence-corrected chi connectivity index (χ2v) is 12.9. The minimum Gasteiger partial charge on any atom is -0.434 e. The number of amides is 1. The molecule has 44 heavy (non-hydrogen) atoms. The van der Waals surface area contributed by atoms with Crippen LogP contribution in [0.25, 0.3) is 11.3 Å². The highest BCUT2D eigenvalue weighted by atomic mass is 35.5. The predicted octanol–water partition coefficient (Wildman–Crippen LogP) is 5.71. The van der Waals surface area contributed by atoms with E-state index in [0.717, 1.165) is 32.8 Å². The van der Waals surface area contributed by atoms with Crippen LogP contribution < -0.4 is 10.1 Å². The Hall–Kier alpha value is -2.62. The van der Waals surface area contributed by atoms with Crippen LogP contribution in [0.5, 0.6) is 5.75 Å². The van der Waals surface area contributed by atoms with Crippen LogP contribution >= 0.6 is 11.6 Å². The molecule has 0 spiro atoms. The summed E-state index contributed by atoms with van der Waals surface area (Å²) in [6, 6.07) is 3.68. The van der Waals surface area contributed by atoms with Crippen molar-refractivity contribution < 1.29 is 50.1 Å². The Kier molecular flexibility index (Phi) is 12.5. The van der Waals surface area contributed by atoms with Crippen LogP contribution in [0.15, 0.2) is 18.2 Å². The standard InChI is InChI=1S/C28H37ClF5N3O4.O2S/c1-16-8-10-27(40,11-9-16)14-35-23(38)21-20(29)22(37(36-21)15-26(4,5)39)18-7-6-17(12-19(18)41-24(30)31)13-25(2,3)28(32,33)34;1-3-2/h6-7,12,16,24,39-40H,8-11,13-15H2,1-5H3,(H,35,38);. The summed E-state index contributed by atoms with van der Waals surface area (Å²) < 4.78 is 89.7. The molecule has 0 bridgehead atoms. The van der Waals surface area contributed by atoms with Crippen molar-refractivity contribution in [3.8, 4) is 17.0 Å². The first-order valence-corrected chi connectivity index (χ1v) is 14.7. The minimum atomic E-state index is -4.55. The molecule has 248 valence electrons.